The average Bonchev–Trinajstić information content (AvgIpc) is 3.05. The van der Waals surface area contributed by atoms with Gasteiger partial charge in [-0.05, 0) is 17.4 Å². The van der Waals surface area contributed by atoms with Gasteiger partial charge in [0.15, 0.2) is 0 Å². The highest BCUT2D eigenvalue weighted by molar-refractivity contribution is 5.82. The SMILES string of the molecule is CON(C)C(=O)[C@H]1[C@@H]2CN(C(=O)OCc3ccccc3)C[C@@H]21. The molecular weight excluding hydrogens is 284 g/mol. The molecule has 6 heteroatoms. The molecule has 1 saturated carbocycles. The van der Waals surface area contributed by atoms with Gasteiger partial charge < -0.3 is 9.64 Å². The van der Waals surface area contributed by atoms with Crippen LogP contribution in [0.4, 0.5) is 4.79 Å². The predicted octanol–water partition coefficient (Wildman–Crippen LogP) is 1.52. The van der Waals surface area contributed by atoms with Crippen LogP contribution in [0.3, 0.4) is 0 Å². The van der Waals surface area contributed by atoms with Crippen LogP contribution in [0.15, 0.2) is 30.3 Å². The third-order valence-corrected chi connectivity index (χ3v) is 4.53. The average molecular weight is 304 g/mol. The maximum absolute atomic E-state index is 12.0. The summed E-state index contributed by atoms with van der Waals surface area (Å²) in [5.74, 6) is 0.474. The minimum atomic E-state index is -0.303. The summed E-state index contributed by atoms with van der Waals surface area (Å²) in [4.78, 5) is 30.6. The zero-order valence-corrected chi connectivity index (χ0v) is 12.8. The number of rotatable bonds is 4. The molecular formula is C16H20N2O4. The predicted molar refractivity (Wildman–Crippen MR) is 78.4 cm³/mol. The summed E-state index contributed by atoms with van der Waals surface area (Å²) >= 11 is 0. The Hall–Kier alpha value is -2.08. The third-order valence-electron chi connectivity index (χ3n) is 4.53. The first kappa shape index (κ1) is 14.8. The van der Waals surface area contributed by atoms with Crippen LogP contribution in [0.25, 0.3) is 0 Å². The normalized spacial score (nSPS) is 25.5. The zero-order valence-electron chi connectivity index (χ0n) is 12.8. The van der Waals surface area contributed by atoms with Gasteiger partial charge in [-0.25, -0.2) is 9.86 Å². The van der Waals surface area contributed by atoms with Gasteiger partial charge in [0.05, 0.1) is 13.0 Å². The Balaban J connectivity index is 1.46. The number of ether oxygens (including phenoxy) is 1. The number of nitrogens with zero attached hydrogens (tertiary/aromatic N) is 2. The molecule has 1 aromatic rings. The van der Waals surface area contributed by atoms with Crippen molar-refractivity contribution in [3.8, 4) is 0 Å². The van der Waals surface area contributed by atoms with E-state index in [2.05, 4.69) is 0 Å². The van der Waals surface area contributed by atoms with Crippen molar-refractivity contribution in [1.82, 2.24) is 9.96 Å². The summed E-state index contributed by atoms with van der Waals surface area (Å²) in [6.07, 6.45) is -0.303. The van der Waals surface area contributed by atoms with Gasteiger partial charge in [-0.2, -0.15) is 0 Å². The second kappa shape index (κ2) is 5.96. The molecule has 6 nitrogen and oxygen atoms in total. The lowest BCUT2D eigenvalue weighted by Crippen LogP contribution is -2.35. The molecule has 22 heavy (non-hydrogen) atoms. The van der Waals surface area contributed by atoms with Crippen LogP contribution < -0.4 is 0 Å². The highest BCUT2D eigenvalue weighted by Crippen LogP contribution is 2.52. The number of carbonyl (C=O) groups is 2. The summed E-state index contributed by atoms with van der Waals surface area (Å²) in [6.45, 7) is 1.46. The Labute approximate surface area is 129 Å². The molecule has 1 heterocycles. The second-order valence-electron chi connectivity index (χ2n) is 5.82. The van der Waals surface area contributed by atoms with Gasteiger partial charge >= 0.3 is 6.09 Å². The van der Waals surface area contributed by atoms with Gasteiger partial charge in [-0.1, -0.05) is 30.3 Å². The van der Waals surface area contributed by atoms with Crippen molar-refractivity contribution < 1.29 is 19.2 Å². The van der Waals surface area contributed by atoms with E-state index in [0.717, 1.165) is 5.56 Å². The maximum Gasteiger partial charge on any atom is 0.410 e. The van der Waals surface area contributed by atoms with Crippen LogP contribution in [0, 0.1) is 17.8 Å². The largest absolute Gasteiger partial charge is 0.445 e. The number of fused-ring (bicyclic) bond motifs is 1. The summed E-state index contributed by atoms with van der Waals surface area (Å²) in [6, 6.07) is 9.59. The van der Waals surface area contributed by atoms with E-state index in [9.17, 15) is 9.59 Å². The zero-order chi connectivity index (χ0) is 15.7. The first-order valence-electron chi connectivity index (χ1n) is 7.39. The van der Waals surface area contributed by atoms with E-state index in [1.807, 2.05) is 30.3 Å². The van der Waals surface area contributed by atoms with Crippen molar-refractivity contribution in [1.29, 1.82) is 0 Å². The van der Waals surface area contributed by atoms with Gasteiger partial charge in [0.2, 0.25) is 5.91 Å². The molecule has 0 N–H and O–H groups in total. The third kappa shape index (κ3) is 2.78. The van der Waals surface area contributed by atoms with E-state index in [-0.39, 0.29) is 36.4 Å². The molecule has 1 aliphatic carbocycles. The minimum absolute atomic E-state index is 0.00481. The molecule has 0 aromatic heterocycles. The Kier molecular flexibility index (Phi) is 4.02. The molecule has 3 atom stereocenters. The fourth-order valence-electron chi connectivity index (χ4n) is 3.15. The number of hydrogen-bond acceptors (Lipinski definition) is 4. The molecule has 2 fully saturated rings. The minimum Gasteiger partial charge on any atom is -0.445 e. The van der Waals surface area contributed by atoms with Crippen LogP contribution in [-0.4, -0.2) is 49.2 Å². The molecule has 118 valence electrons. The number of benzene rings is 1. The Bertz CT molecular complexity index is 551. The van der Waals surface area contributed by atoms with Gasteiger partial charge in [0.1, 0.15) is 6.61 Å². The van der Waals surface area contributed by atoms with Crippen molar-refractivity contribution in [2.24, 2.45) is 17.8 Å². The number of piperidine rings is 1. The van der Waals surface area contributed by atoms with Crippen molar-refractivity contribution >= 4 is 12.0 Å². The molecule has 0 radical (unpaired) electrons. The van der Waals surface area contributed by atoms with E-state index < -0.39 is 0 Å². The maximum atomic E-state index is 12.0. The van der Waals surface area contributed by atoms with Crippen LogP contribution in [-0.2, 0) is 21.0 Å². The van der Waals surface area contributed by atoms with Crippen LogP contribution >= 0.6 is 0 Å². The van der Waals surface area contributed by atoms with Crippen molar-refractivity contribution in [3.05, 3.63) is 35.9 Å². The van der Waals surface area contributed by atoms with Crippen molar-refractivity contribution in [2.45, 2.75) is 6.61 Å². The fourth-order valence-corrected chi connectivity index (χ4v) is 3.15. The Morgan fingerprint density at radius 2 is 1.86 bits per heavy atom. The molecule has 1 saturated heterocycles. The van der Waals surface area contributed by atoms with E-state index in [1.165, 1.54) is 12.2 Å². The molecule has 0 bridgehead atoms. The smallest absolute Gasteiger partial charge is 0.410 e. The number of likely N-dealkylation sites (tertiary alicyclic amines) is 1. The number of hydrogen-bond donors (Lipinski definition) is 0. The molecule has 1 aromatic carbocycles. The van der Waals surface area contributed by atoms with Crippen LogP contribution in [0.5, 0.6) is 0 Å². The van der Waals surface area contributed by atoms with Crippen molar-refractivity contribution in [3.63, 3.8) is 0 Å². The van der Waals surface area contributed by atoms with Gasteiger partial charge in [0.25, 0.3) is 0 Å². The summed E-state index contributed by atoms with van der Waals surface area (Å²) in [5.41, 5.74) is 0.968. The first-order chi connectivity index (χ1) is 10.6. The topological polar surface area (TPSA) is 59.1 Å². The first-order valence-corrected chi connectivity index (χ1v) is 7.39. The van der Waals surface area contributed by atoms with E-state index in [4.69, 9.17) is 9.57 Å². The lowest BCUT2D eigenvalue weighted by atomic mass is 10.2. The fraction of sp³-hybridized carbons (Fsp3) is 0.500. The van der Waals surface area contributed by atoms with E-state index in [1.54, 1.807) is 11.9 Å². The number of amides is 2. The highest BCUT2D eigenvalue weighted by Gasteiger charge is 2.61. The van der Waals surface area contributed by atoms with Crippen LogP contribution in [0.2, 0.25) is 0 Å². The molecule has 1 aliphatic heterocycles. The van der Waals surface area contributed by atoms with Gasteiger partial charge in [-0.3, -0.25) is 9.63 Å². The Morgan fingerprint density at radius 3 is 2.45 bits per heavy atom. The lowest BCUT2D eigenvalue weighted by Gasteiger charge is -2.20. The molecule has 3 rings (SSSR count). The molecule has 2 amide bonds. The quantitative estimate of drug-likeness (QED) is 0.791. The molecule has 0 unspecified atom stereocenters. The lowest BCUT2D eigenvalue weighted by molar-refractivity contribution is -0.171. The van der Waals surface area contributed by atoms with Crippen LogP contribution in [0.1, 0.15) is 5.56 Å². The molecule has 2 aliphatic rings. The van der Waals surface area contributed by atoms with Crippen molar-refractivity contribution in [2.75, 3.05) is 27.2 Å². The summed E-state index contributed by atoms with van der Waals surface area (Å²) in [7, 11) is 3.09. The summed E-state index contributed by atoms with van der Waals surface area (Å²) in [5, 5.41) is 1.26. The van der Waals surface area contributed by atoms with Gasteiger partial charge in [-0.15, -0.1) is 0 Å². The second-order valence-corrected chi connectivity index (χ2v) is 5.82. The number of hydroxylamine groups is 2. The van der Waals surface area contributed by atoms with E-state index in [0.29, 0.717) is 13.1 Å². The Morgan fingerprint density at radius 1 is 1.23 bits per heavy atom. The standard InChI is InChI=1S/C16H20N2O4/c1-17(21-2)15(19)14-12-8-18(9-13(12)14)16(20)22-10-11-6-4-3-5-7-11/h3-7,12-14H,8-10H2,1-2H3/t12-,13+,14+. The highest BCUT2D eigenvalue weighted by atomic mass is 16.7. The van der Waals surface area contributed by atoms with E-state index >= 15 is 0 Å². The van der Waals surface area contributed by atoms with Gasteiger partial charge in [0, 0.05) is 20.1 Å². The number of carbonyl (C=O) groups excluding carboxylic acids is 2. The molecule has 0 spiro atoms. The summed E-state index contributed by atoms with van der Waals surface area (Å²) < 4.78 is 5.31. The monoisotopic (exact) mass is 304 g/mol.